The van der Waals surface area contributed by atoms with Crippen molar-refractivity contribution in [3.8, 4) is 0 Å². The topological polar surface area (TPSA) is 59.4 Å². The highest BCUT2D eigenvalue weighted by Gasteiger charge is 2.14. The van der Waals surface area contributed by atoms with Crippen LogP contribution >= 0.6 is 0 Å². The largest absolute Gasteiger partial charge is 0.378 e. The number of pyridine rings is 1. The van der Waals surface area contributed by atoms with Gasteiger partial charge in [-0.3, -0.25) is 4.79 Å². The van der Waals surface area contributed by atoms with Gasteiger partial charge in [-0.25, -0.2) is 4.98 Å². The van der Waals surface area contributed by atoms with Crippen molar-refractivity contribution in [3.05, 3.63) is 59.3 Å². The van der Waals surface area contributed by atoms with Gasteiger partial charge in [0.05, 0.1) is 13.2 Å². The van der Waals surface area contributed by atoms with E-state index in [1.165, 1.54) is 11.1 Å². The number of nitrogens with zero attached hydrogens (tertiary/aromatic N) is 3. The number of hydrogen-bond acceptors (Lipinski definition) is 4. The molecule has 6 heteroatoms. The van der Waals surface area contributed by atoms with E-state index in [1.54, 1.807) is 0 Å². The molecular weight excluding hydrogens is 352 g/mol. The van der Waals surface area contributed by atoms with Crippen LogP contribution in [0.25, 0.3) is 11.0 Å². The first-order chi connectivity index (χ1) is 13.6. The molecule has 3 heterocycles. The molecule has 0 aliphatic carbocycles. The predicted octanol–water partition coefficient (Wildman–Crippen LogP) is 2.81. The van der Waals surface area contributed by atoms with Gasteiger partial charge in [0.25, 0.3) is 0 Å². The first kappa shape index (κ1) is 18.5. The van der Waals surface area contributed by atoms with Gasteiger partial charge in [0.2, 0.25) is 5.91 Å². The van der Waals surface area contributed by atoms with Crippen LogP contribution in [0.2, 0.25) is 0 Å². The molecule has 1 N–H and O–H groups in total. The van der Waals surface area contributed by atoms with E-state index in [4.69, 9.17) is 9.72 Å². The standard InChI is InChI=1S/C22H26N4O2/c1-16-3-4-17(2)19(13-16)14-23-21(27)15-26-8-7-18-5-6-20(24-22(18)26)25-9-11-28-12-10-25/h3-8,13H,9-12,14-15H2,1-2H3,(H,23,27). The molecule has 4 rings (SSSR count). The van der Waals surface area contributed by atoms with Gasteiger partial charge in [-0.15, -0.1) is 0 Å². The van der Waals surface area contributed by atoms with E-state index in [0.29, 0.717) is 6.54 Å². The monoisotopic (exact) mass is 378 g/mol. The average molecular weight is 378 g/mol. The number of carbonyl (C=O) groups excluding carboxylic acids is 1. The first-order valence-electron chi connectivity index (χ1n) is 9.71. The van der Waals surface area contributed by atoms with Crippen molar-refractivity contribution in [2.45, 2.75) is 26.9 Å². The van der Waals surface area contributed by atoms with Crippen LogP contribution in [0.15, 0.2) is 42.6 Å². The predicted molar refractivity (Wildman–Crippen MR) is 111 cm³/mol. The zero-order valence-corrected chi connectivity index (χ0v) is 16.4. The van der Waals surface area contributed by atoms with Gasteiger partial charge in [0, 0.05) is 31.2 Å². The van der Waals surface area contributed by atoms with E-state index in [1.807, 2.05) is 22.9 Å². The minimum absolute atomic E-state index is 0.0167. The third-order valence-corrected chi connectivity index (χ3v) is 5.23. The van der Waals surface area contributed by atoms with E-state index in [0.717, 1.165) is 48.7 Å². The van der Waals surface area contributed by atoms with Crippen molar-refractivity contribution >= 4 is 22.8 Å². The molecule has 1 amide bonds. The highest BCUT2D eigenvalue weighted by Crippen LogP contribution is 2.20. The van der Waals surface area contributed by atoms with Crippen molar-refractivity contribution in [2.75, 3.05) is 31.2 Å². The maximum absolute atomic E-state index is 12.5. The van der Waals surface area contributed by atoms with Crippen molar-refractivity contribution in [2.24, 2.45) is 0 Å². The number of ether oxygens (including phenoxy) is 1. The number of morpholine rings is 1. The molecule has 0 unspecified atom stereocenters. The molecule has 1 aromatic carbocycles. The maximum atomic E-state index is 12.5. The fourth-order valence-corrected chi connectivity index (χ4v) is 3.54. The lowest BCUT2D eigenvalue weighted by Crippen LogP contribution is -2.36. The van der Waals surface area contributed by atoms with Gasteiger partial charge in [-0.05, 0) is 43.2 Å². The summed E-state index contributed by atoms with van der Waals surface area (Å²) in [7, 11) is 0. The third-order valence-electron chi connectivity index (χ3n) is 5.23. The Labute approximate surface area is 165 Å². The molecule has 0 atom stereocenters. The molecule has 28 heavy (non-hydrogen) atoms. The molecule has 0 spiro atoms. The van der Waals surface area contributed by atoms with E-state index in [2.05, 4.69) is 48.3 Å². The number of amides is 1. The summed E-state index contributed by atoms with van der Waals surface area (Å²) in [6, 6.07) is 12.4. The summed E-state index contributed by atoms with van der Waals surface area (Å²) in [5.74, 6) is 0.920. The molecular formula is C22H26N4O2. The van der Waals surface area contributed by atoms with Gasteiger partial charge in [-0.1, -0.05) is 23.8 Å². The van der Waals surface area contributed by atoms with Gasteiger partial charge in [0.1, 0.15) is 18.0 Å². The van der Waals surface area contributed by atoms with Crippen molar-refractivity contribution in [1.82, 2.24) is 14.9 Å². The van der Waals surface area contributed by atoms with Crippen LogP contribution in [0.5, 0.6) is 0 Å². The normalized spacial score (nSPS) is 14.4. The Kier molecular flexibility index (Phi) is 5.30. The lowest BCUT2D eigenvalue weighted by atomic mass is 10.1. The highest BCUT2D eigenvalue weighted by molar-refractivity contribution is 5.82. The minimum atomic E-state index is -0.0167. The van der Waals surface area contributed by atoms with E-state index >= 15 is 0 Å². The molecule has 0 bridgehead atoms. The van der Waals surface area contributed by atoms with Crippen LogP contribution in [0.1, 0.15) is 16.7 Å². The molecule has 146 valence electrons. The summed E-state index contributed by atoms with van der Waals surface area (Å²) in [6.45, 7) is 8.06. The van der Waals surface area contributed by atoms with Crippen LogP contribution in [-0.4, -0.2) is 41.8 Å². The Morgan fingerprint density at radius 2 is 1.96 bits per heavy atom. The fourth-order valence-electron chi connectivity index (χ4n) is 3.54. The van der Waals surface area contributed by atoms with Crippen molar-refractivity contribution in [3.63, 3.8) is 0 Å². The van der Waals surface area contributed by atoms with Gasteiger partial charge >= 0.3 is 0 Å². The smallest absolute Gasteiger partial charge is 0.240 e. The number of carbonyl (C=O) groups is 1. The second-order valence-corrected chi connectivity index (χ2v) is 7.33. The fraction of sp³-hybridized carbons (Fsp3) is 0.364. The molecule has 2 aromatic heterocycles. The Balaban J connectivity index is 1.46. The molecule has 6 nitrogen and oxygen atoms in total. The van der Waals surface area contributed by atoms with Gasteiger partial charge in [0.15, 0.2) is 0 Å². The Hall–Kier alpha value is -2.86. The summed E-state index contributed by atoms with van der Waals surface area (Å²) in [6.07, 6.45) is 1.93. The number of rotatable bonds is 5. The second-order valence-electron chi connectivity index (χ2n) is 7.33. The first-order valence-corrected chi connectivity index (χ1v) is 9.71. The molecule has 0 radical (unpaired) electrons. The molecule has 0 saturated carbocycles. The van der Waals surface area contributed by atoms with E-state index < -0.39 is 0 Å². The molecule has 1 aliphatic heterocycles. The molecule has 1 fully saturated rings. The number of fused-ring (bicyclic) bond motifs is 1. The van der Waals surface area contributed by atoms with Gasteiger partial charge in [-0.2, -0.15) is 0 Å². The third kappa shape index (κ3) is 4.02. The van der Waals surface area contributed by atoms with E-state index in [9.17, 15) is 4.79 Å². The Bertz CT molecular complexity index is 989. The summed E-state index contributed by atoms with van der Waals surface area (Å²) >= 11 is 0. The lowest BCUT2D eigenvalue weighted by Gasteiger charge is -2.27. The Morgan fingerprint density at radius 1 is 1.14 bits per heavy atom. The number of benzene rings is 1. The maximum Gasteiger partial charge on any atom is 0.240 e. The zero-order chi connectivity index (χ0) is 19.5. The SMILES string of the molecule is Cc1ccc(C)c(CNC(=O)Cn2ccc3ccc(N4CCOCC4)nc32)c1. The quantitative estimate of drug-likeness (QED) is 0.742. The second kappa shape index (κ2) is 8.02. The summed E-state index contributed by atoms with van der Waals surface area (Å²) in [5.41, 5.74) is 4.38. The van der Waals surface area contributed by atoms with Crippen LogP contribution in [0, 0.1) is 13.8 Å². The number of nitrogens with one attached hydrogen (secondary N) is 1. The zero-order valence-electron chi connectivity index (χ0n) is 16.4. The minimum Gasteiger partial charge on any atom is -0.378 e. The van der Waals surface area contributed by atoms with Crippen LogP contribution < -0.4 is 10.2 Å². The number of hydrogen-bond donors (Lipinski definition) is 1. The highest BCUT2D eigenvalue weighted by atomic mass is 16.5. The lowest BCUT2D eigenvalue weighted by molar-refractivity contribution is -0.121. The summed E-state index contributed by atoms with van der Waals surface area (Å²) in [4.78, 5) is 19.6. The average Bonchev–Trinajstić information content (AvgIpc) is 3.11. The van der Waals surface area contributed by atoms with Crippen LogP contribution in [-0.2, 0) is 22.6 Å². The number of anilines is 1. The molecule has 3 aromatic rings. The van der Waals surface area contributed by atoms with Crippen LogP contribution in [0.4, 0.5) is 5.82 Å². The van der Waals surface area contributed by atoms with E-state index in [-0.39, 0.29) is 12.5 Å². The molecule has 1 aliphatic rings. The van der Waals surface area contributed by atoms with Crippen LogP contribution in [0.3, 0.4) is 0 Å². The van der Waals surface area contributed by atoms with Crippen molar-refractivity contribution in [1.29, 1.82) is 0 Å². The van der Waals surface area contributed by atoms with Gasteiger partial charge < -0.3 is 19.5 Å². The molecule has 1 saturated heterocycles. The summed E-state index contributed by atoms with van der Waals surface area (Å²) < 4.78 is 7.34. The number of aryl methyl sites for hydroxylation is 2. The van der Waals surface area contributed by atoms with Crippen molar-refractivity contribution < 1.29 is 9.53 Å². The summed E-state index contributed by atoms with van der Waals surface area (Å²) in [5, 5.41) is 4.07. The Morgan fingerprint density at radius 3 is 2.79 bits per heavy atom. The number of aromatic nitrogens is 2.